The molecule has 0 spiro atoms. The van der Waals surface area contributed by atoms with Gasteiger partial charge in [-0.05, 0) is 12.8 Å². The smallest absolute Gasteiger partial charge is 0.180 e. The van der Waals surface area contributed by atoms with Crippen LogP contribution in [0.4, 0.5) is 5.13 Å². The normalized spacial score (nSPS) is 17.6. The number of aromatic nitrogens is 1. The molecule has 2 rings (SSSR count). The first-order valence-electron chi connectivity index (χ1n) is 4.84. The Bertz CT molecular complexity index is 303. The third kappa shape index (κ3) is 4.43. The van der Waals surface area contributed by atoms with Crippen LogP contribution in [0, 0.1) is 0 Å². The van der Waals surface area contributed by atoms with Gasteiger partial charge in [0.2, 0.25) is 0 Å². The highest BCUT2D eigenvalue weighted by Crippen LogP contribution is 2.16. The van der Waals surface area contributed by atoms with E-state index in [1.807, 2.05) is 5.38 Å². The third-order valence-electron chi connectivity index (χ3n) is 2.51. The molecule has 3 N–H and O–H groups in total. The van der Waals surface area contributed by atoms with Crippen molar-refractivity contribution >= 4 is 41.3 Å². The van der Waals surface area contributed by atoms with Crippen LogP contribution in [0.3, 0.4) is 0 Å². The van der Waals surface area contributed by atoms with Crippen LogP contribution in [0.1, 0.15) is 18.5 Å². The Hall–Kier alpha value is -0.0700. The summed E-state index contributed by atoms with van der Waals surface area (Å²) < 4.78 is 0. The Morgan fingerprint density at radius 2 is 2.06 bits per heavy atom. The number of anilines is 1. The van der Waals surface area contributed by atoms with Gasteiger partial charge in [0.25, 0.3) is 0 Å². The van der Waals surface area contributed by atoms with E-state index in [1.54, 1.807) is 0 Å². The first-order valence-corrected chi connectivity index (χ1v) is 5.72. The molecule has 1 aliphatic heterocycles. The number of nitrogens with two attached hydrogens (primary N) is 1. The minimum Gasteiger partial charge on any atom is -0.393 e. The molecule has 0 radical (unpaired) electrons. The number of hydrogen-bond acceptors (Lipinski definition) is 5. The molecule has 1 aromatic rings. The van der Waals surface area contributed by atoms with Gasteiger partial charge in [-0.2, -0.15) is 0 Å². The van der Waals surface area contributed by atoms with Crippen LogP contribution >= 0.6 is 36.2 Å². The second kappa shape index (κ2) is 7.29. The fraction of sp³-hybridized carbons (Fsp3) is 0.667. The van der Waals surface area contributed by atoms with Crippen molar-refractivity contribution in [3.05, 3.63) is 11.1 Å². The van der Waals surface area contributed by atoms with Crippen molar-refractivity contribution in [3.63, 3.8) is 0 Å². The number of hydrogen-bond donors (Lipinski definition) is 2. The summed E-state index contributed by atoms with van der Waals surface area (Å²) in [4.78, 5) is 6.52. The predicted molar refractivity (Wildman–Crippen MR) is 71.5 cm³/mol. The van der Waals surface area contributed by atoms with Crippen LogP contribution in [0.5, 0.6) is 0 Å². The number of nitrogens with zero attached hydrogens (tertiary/aromatic N) is 2. The first-order chi connectivity index (χ1) is 6.74. The largest absolute Gasteiger partial charge is 0.393 e. The van der Waals surface area contributed by atoms with Crippen molar-refractivity contribution < 1.29 is 5.11 Å². The Balaban J connectivity index is 0.00000112. The predicted octanol–water partition coefficient (Wildman–Crippen LogP) is 1.53. The van der Waals surface area contributed by atoms with Gasteiger partial charge in [-0.15, -0.1) is 36.2 Å². The van der Waals surface area contributed by atoms with Gasteiger partial charge in [0.15, 0.2) is 5.13 Å². The molecular weight excluding hydrogens is 269 g/mol. The van der Waals surface area contributed by atoms with E-state index in [1.165, 1.54) is 11.3 Å². The Morgan fingerprint density at radius 3 is 2.56 bits per heavy atom. The van der Waals surface area contributed by atoms with E-state index < -0.39 is 0 Å². The van der Waals surface area contributed by atoms with Crippen LogP contribution in [0.2, 0.25) is 0 Å². The molecular formula is C9H17Cl2N3OS. The lowest BCUT2D eigenvalue weighted by Gasteiger charge is -2.28. The van der Waals surface area contributed by atoms with Gasteiger partial charge < -0.3 is 10.8 Å². The number of nitrogen functional groups attached to an aromatic ring is 1. The monoisotopic (exact) mass is 285 g/mol. The molecule has 1 aliphatic rings. The topological polar surface area (TPSA) is 62.4 Å². The van der Waals surface area contributed by atoms with Gasteiger partial charge in [0.1, 0.15) is 0 Å². The molecule has 0 aliphatic carbocycles. The van der Waals surface area contributed by atoms with Gasteiger partial charge in [-0.25, -0.2) is 4.98 Å². The van der Waals surface area contributed by atoms with Gasteiger partial charge in [0.05, 0.1) is 11.8 Å². The highest BCUT2D eigenvalue weighted by atomic mass is 35.5. The summed E-state index contributed by atoms with van der Waals surface area (Å²) in [5.74, 6) is 0. The van der Waals surface area contributed by atoms with Crippen molar-refractivity contribution in [1.29, 1.82) is 0 Å². The molecule has 0 saturated carbocycles. The number of aliphatic hydroxyl groups is 1. The van der Waals surface area contributed by atoms with E-state index in [-0.39, 0.29) is 30.9 Å². The SMILES string of the molecule is Cl.Cl.Nc1nc(CN2CCC(O)CC2)cs1. The van der Waals surface area contributed by atoms with Crippen molar-refractivity contribution in [3.8, 4) is 0 Å². The zero-order valence-corrected chi connectivity index (χ0v) is 11.3. The van der Waals surface area contributed by atoms with Crippen LogP contribution in [-0.2, 0) is 6.54 Å². The molecule has 16 heavy (non-hydrogen) atoms. The quantitative estimate of drug-likeness (QED) is 0.865. The summed E-state index contributed by atoms with van der Waals surface area (Å²) in [5.41, 5.74) is 6.60. The van der Waals surface area contributed by atoms with Crippen molar-refractivity contribution in [2.75, 3.05) is 18.8 Å². The van der Waals surface area contributed by atoms with Gasteiger partial charge in [0, 0.05) is 25.0 Å². The molecule has 4 nitrogen and oxygen atoms in total. The maximum atomic E-state index is 9.34. The number of rotatable bonds is 2. The summed E-state index contributed by atoms with van der Waals surface area (Å²) in [6.45, 7) is 2.78. The second-order valence-electron chi connectivity index (χ2n) is 3.68. The van der Waals surface area contributed by atoms with Gasteiger partial charge >= 0.3 is 0 Å². The molecule has 0 amide bonds. The minimum absolute atomic E-state index is 0. The summed E-state index contributed by atoms with van der Waals surface area (Å²) in [5, 5.41) is 12.0. The summed E-state index contributed by atoms with van der Waals surface area (Å²) in [6, 6.07) is 0. The summed E-state index contributed by atoms with van der Waals surface area (Å²) >= 11 is 1.48. The Morgan fingerprint density at radius 1 is 1.44 bits per heavy atom. The van der Waals surface area contributed by atoms with Gasteiger partial charge in [-0.3, -0.25) is 4.90 Å². The van der Waals surface area contributed by atoms with Crippen LogP contribution < -0.4 is 5.73 Å². The van der Waals surface area contributed by atoms with Crippen molar-refractivity contribution in [1.82, 2.24) is 9.88 Å². The molecule has 2 heterocycles. The molecule has 94 valence electrons. The highest BCUT2D eigenvalue weighted by molar-refractivity contribution is 7.13. The molecule has 0 aromatic carbocycles. The van der Waals surface area contributed by atoms with E-state index >= 15 is 0 Å². The number of likely N-dealkylation sites (tertiary alicyclic amines) is 1. The third-order valence-corrected chi connectivity index (χ3v) is 3.23. The lowest BCUT2D eigenvalue weighted by Crippen LogP contribution is -2.35. The van der Waals surface area contributed by atoms with Crippen LogP contribution in [-0.4, -0.2) is 34.2 Å². The fourth-order valence-electron chi connectivity index (χ4n) is 1.70. The number of piperidine rings is 1. The van der Waals surface area contributed by atoms with E-state index in [2.05, 4.69) is 9.88 Å². The molecule has 1 saturated heterocycles. The standard InChI is InChI=1S/C9H15N3OS.2ClH/c10-9-11-7(6-14-9)5-12-3-1-8(13)2-4-12;;/h6,8,13H,1-5H2,(H2,10,11);2*1H. The first kappa shape index (κ1) is 15.9. The van der Waals surface area contributed by atoms with Crippen LogP contribution in [0.15, 0.2) is 5.38 Å². The Labute approximate surface area is 112 Å². The molecule has 7 heteroatoms. The number of halogens is 2. The van der Waals surface area contributed by atoms with E-state index in [9.17, 15) is 5.11 Å². The highest BCUT2D eigenvalue weighted by Gasteiger charge is 2.17. The molecule has 1 aromatic heterocycles. The molecule has 0 bridgehead atoms. The molecule has 0 unspecified atom stereocenters. The van der Waals surface area contributed by atoms with Crippen LogP contribution in [0.25, 0.3) is 0 Å². The molecule has 1 fully saturated rings. The lowest BCUT2D eigenvalue weighted by molar-refractivity contribution is 0.0787. The molecule has 0 atom stereocenters. The van der Waals surface area contributed by atoms with E-state index in [0.717, 1.165) is 38.2 Å². The zero-order chi connectivity index (χ0) is 9.97. The summed E-state index contributed by atoms with van der Waals surface area (Å²) in [6.07, 6.45) is 1.64. The zero-order valence-electron chi connectivity index (χ0n) is 8.83. The minimum atomic E-state index is -0.105. The second-order valence-corrected chi connectivity index (χ2v) is 4.57. The van der Waals surface area contributed by atoms with E-state index in [4.69, 9.17) is 5.73 Å². The maximum Gasteiger partial charge on any atom is 0.180 e. The number of thiazole rings is 1. The summed E-state index contributed by atoms with van der Waals surface area (Å²) in [7, 11) is 0. The fourth-order valence-corrected chi connectivity index (χ4v) is 2.26. The van der Waals surface area contributed by atoms with Crippen molar-refractivity contribution in [2.45, 2.75) is 25.5 Å². The van der Waals surface area contributed by atoms with E-state index in [0.29, 0.717) is 5.13 Å². The average molecular weight is 286 g/mol. The number of aliphatic hydroxyl groups excluding tert-OH is 1. The maximum absolute atomic E-state index is 9.34. The van der Waals surface area contributed by atoms with Crippen molar-refractivity contribution in [2.24, 2.45) is 0 Å². The Kier molecular flexibility index (Phi) is 7.26. The lowest BCUT2D eigenvalue weighted by atomic mass is 10.1. The average Bonchev–Trinajstić information content (AvgIpc) is 2.56. The van der Waals surface area contributed by atoms with Gasteiger partial charge in [-0.1, -0.05) is 0 Å².